The van der Waals surface area contributed by atoms with Crippen LogP contribution in [0.15, 0.2) is 0 Å². The van der Waals surface area contributed by atoms with Gasteiger partial charge in [-0.1, -0.05) is 64.7 Å². The molecule has 7 heteroatoms. The van der Waals surface area contributed by atoms with E-state index in [9.17, 15) is 4.57 Å². The number of hydrogen-bond donors (Lipinski definition) is 2. The van der Waals surface area contributed by atoms with Gasteiger partial charge in [-0.3, -0.25) is 4.52 Å². The number of phosphoric ester groups is 1. The first-order chi connectivity index (χ1) is 9.56. The van der Waals surface area contributed by atoms with Crippen LogP contribution in [0.2, 0.25) is 0 Å². The topological polar surface area (TPSA) is 76.0 Å². The van der Waals surface area contributed by atoms with Gasteiger partial charge >= 0.3 is 59.2 Å². The molecule has 0 saturated heterocycles. The quantitative estimate of drug-likeness (QED) is 0.269. The second-order valence-electron chi connectivity index (χ2n) is 5.12. The summed E-state index contributed by atoms with van der Waals surface area (Å²) in [5.41, 5.74) is 0. The van der Waals surface area contributed by atoms with Crippen molar-refractivity contribution < 1.29 is 23.6 Å². The van der Waals surface area contributed by atoms with Gasteiger partial charge in [-0.25, -0.2) is 4.57 Å². The molecule has 0 aliphatic rings. The number of unbranched alkanes of at least 4 members (excludes halogenated alkanes) is 9. The van der Waals surface area contributed by atoms with Crippen LogP contribution in [0.1, 0.15) is 71.1 Å². The van der Waals surface area contributed by atoms with Crippen molar-refractivity contribution in [1.29, 1.82) is 0 Å². The van der Waals surface area contributed by atoms with E-state index in [4.69, 9.17) is 14.5 Å². The summed E-state index contributed by atoms with van der Waals surface area (Å²) >= 11 is 0. The summed E-state index contributed by atoms with van der Waals surface area (Å²) in [6.07, 6.45) is 12.8. The van der Waals surface area contributed by atoms with Crippen molar-refractivity contribution in [1.82, 2.24) is 0 Å². The summed E-state index contributed by atoms with van der Waals surface area (Å²) in [5.74, 6) is 0. The van der Waals surface area contributed by atoms with Gasteiger partial charge in [0.05, 0.1) is 13.2 Å². The third-order valence-corrected chi connectivity index (χ3v) is 3.65. The molecule has 0 aromatic rings. The molecule has 0 aliphatic heterocycles. The molecule has 0 heterocycles. The van der Waals surface area contributed by atoms with Gasteiger partial charge in [-0.15, -0.1) is 0 Å². The molecule has 0 spiro atoms. The van der Waals surface area contributed by atoms with Crippen molar-refractivity contribution in [2.45, 2.75) is 71.1 Å². The van der Waals surface area contributed by atoms with Crippen LogP contribution in [0.3, 0.4) is 0 Å². The summed E-state index contributed by atoms with van der Waals surface area (Å²) in [4.78, 5) is 16.9. The zero-order valence-corrected chi connectivity index (χ0v) is 13.7. The first-order valence-corrected chi connectivity index (χ1v) is 9.37. The van der Waals surface area contributed by atoms with Crippen LogP contribution >= 0.6 is 7.82 Å². The number of rotatable bonds is 15. The Morgan fingerprint density at radius 3 is 1.71 bits per heavy atom. The van der Waals surface area contributed by atoms with E-state index in [1.807, 2.05) is 0 Å². The fourth-order valence-corrected chi connectivity index (χ4v) is 2.32. The SMILES string of the molecule is CCCCCCCCCCCCOCCOP(=O)(O)O.[KH]. The van der Waals surface area contributed by atoms with Crippen molar-refractivity contribution in [3.05, 3.63) is 0 Å². The van der Waals surface area contributed by atoms with E-state index in [0.717, 1.165) is 12.8 Å². The van der Waals surface area contributed by atoms with Gasteiger partial charge in [-0.05, 0) is 6.42 Å². The average molecular weight is 350 g/mol. The molecule has 21 heavy (non-hydrogen) atoms. The van der Waals surface area contributed by atoms with Gasteiger partial charge in [0.1, 0.15) is 0 Å². The second kappa shape index (κ2) is 18.1. The Balaban J connectivity index is 0. The number of hydrogen-bond acceptors (Lipinski definition) is 3. The van der Waals surface area contributed by atoms with Crippen molar-refractivity contribution in [2.75, 3.05) is 19.8 Å². The van der Waals surface area contributed by atoms with Crippen LogP contribution in [0.5, 0.6) is 0 Å². The van der Waals surface area contributed by atoms with Gasteiger partial charge in [0.25, 0.3) is 0 Å². The summed E-state index contributed by atoms with van der Waals surface area (Å²) in [6, 6.07) is 0. The molecule has 2 N–H and O–H groups in total. The Hall–Kier alpha value is 1.71. The molecule has 0 fully saturated rings. The van der Waals surface area contributed by atoms with Crippen molar-refractivity contribution in [3.63, 3.8) is 0 Å². The third kappa shape index (κ3) is 24.1. The minimum absolute atomic E-state index is 0. The van der Waals surface area contributed by atoms with Crippen molar-refractivity contribution in [3.8, 4) is 0 Å². The summed E-state index contributed by atoms with van der Waals surface area (Å²) in [7, 11) is -4.33. The van der Waals surface area contributed by atoms with E-state index in [1.54, 1.807) is 0 Å². The molecular formula is C14H32KO5P. The zero-order chi connectivity index (χ0) is 15.1. The fourth-order valence-electron chi connectivity index (χ4n) is 2.01. The van der Waals surface area contributed by atoms with Gasteiger partial charge < -0.3 is 14.5 Å². The molecule has 0 aromatic heterocycles. The maximum absolute atomic E-state index is 10.4. The normalized spacial score (nSPS) is 11.4. The predicted octanol–water partition coefficient (Wildman–Crippen LogP) is 3.38. The van der Waals surface area contributed by atoms with Gasteiger partial charge in [-0.2, -0.15) is 0 Å². The molecule has 0 unspecified atom stereocenters. The van der Waals surface area contributed by atoms with Crippen molar-refractivity contribution >= 4 is 59.2 Å². The Morgan fingerprint density at radius 1 is 0.762 bits per heavy atom. The second-order valence-corrected chi connectivity index (χ2v) is 6.36. The molecule has 0 saturated carbocycles. The molecule has 0 aromatic carbocycles. The van der Waals surface area contributed by atoms with E-state index in [1.165, 1.54) is 51.4 Å². The Labute approximate surface area is 172 Å². The molecule has 0 amide bonds. The van der Waals surface area contributed by atoms with Gasteiger partial charge in [0, 0.05) is 6.61 Å². The molecule has 5 nitrogen and oxygen atoms in total. The summed E-state index contributed by atoms with van der Waals surface area (Å²) < 4.78 is 19.9. The first kappa shape index (κ1) is 25.0. The summed E-state index contributed by atoms with van der Waals surface area (Å²) in [5, 5.41) is 0. The third-order valence-electron chi connectivity index (χ3n) is 3.13. The molecule has 0 bridgehead atoms. The van der Waals surface area contributed by atoms with E-state index < -0.39 is 7.82 Å². The van der Waals surface area contributed by atoms with Gasteiger partial charge in [0.2, 0.25) is 0 Å². The fraction of sp³-hybridized carbons (Fsp3) is 1.00. The molecule has 124 valence electrons. The zero-order valence-electron chi connectivity index (χ0n) is 12.8. The average Bonchev–Trinajstić information content (AvgIpc) is 2.38. The standard InChI is InChI=1S/C14H31O5P.K.H/c1-2-3-4-5-6-7-8-9-10-11-12-18-13-14-19-20(15,16)17;;/h2-14H2,1H3,(H2,15,16,17);;. The van der Waals surface area contributed by atoms with Gasteiger partial charge in [0.15, 0.2) is 0 Å². The number of phosphoric acid groups is 1. The predicted molar refractivity (Wildman–Crippen MR) is 87.8 cm³/mol. The minimum atomic E-state index is -4.33. The molecule has 0 atom stereocenters. The Kier molecular flexibility index (Phi) is 21.4. The molecular weight excluding hydrogens is 318 g/mol. The van der Waals surface area contributed by atoms with Crippen LogP contribution in [0, 0.1) is 0 Å². The van der Waals surface area contributed by atoms with Crippen LogP contribution < -0.4 is 0 Å². The number of ether oxygens (including phenoxy) is 1. The first-order valence-electron chi connectivity index (χ1n) is 7.84. The molecule has 0 radical (unpaired) electrons. The van der Waals surface area contributed by atoms with Crippen LogP contribution in [0.25, 0.3) is 0 Å². The van der Waals surface area contributed by atoms with Crippen LogP contribution in [-0.2, 0) is 13.8 Å². The van der Waals surface area contributed by atoms with E-state index >= 15 is 0 Å². The van der Waals surface area contributed by atoms with Crippen molar-refractivity contribution in [2.24, 2.45) is 0 Å². The summed E-state index contributed by atoms with van der Waals surface area (Å²) in [6.45, 7) is 3.06. The maximum atomic E-state index is 10.4. The molecule has 0 aliphatic carbocycles. The molecule has 0 rings (SSSR count). The Bertz CT molecular complexity index is 248. The van der Waals surface area contributed by atoms with Crippen LogP contribution in [-0.4, -0.2) is 81.0 Å². The monoisotopic (exact) mass is 350 g/mol. The van der Waals surface area contributed by atoms with E-state index in [2.05, 4.69) is 11.4 Å². The van der Waals surface area contributed by atoms with E-state index in [0.29, 0.717) is 6.61 Å². The van der Waals surface area contributed by atoms with Crippen LogP contribution in [0.4, 0.5) is 0 Å². The van der Waals surface area contributed by atoms with E-state index in [-0.39, 0.29) is 64.6 Å². The Morgan fingerprint density at radius 2 is 1.24 bits per heavy atom.